The summed E-state index contributed by atoms with van der Waals surface area (Å²) in [6.45, 7) is 29.2. The minimum Gasteiger partial charge on any atom is -0.475 e. The van der Waals surface area contributed by atoms with Crippen LogP contribution in [0.2, 0.25) is 13.3 Å². The second kappa shape index (κ2) is 48.7. The second-order valence-corrected chi connectivity index (χ2v) is 41.3. The minimum atomic E-state index is -2.36. The SMILES string of the molecule is CC(C)(C)OC(=O)NCCOCCOc1cc(Br)ccn1.CCC[CH2][Sn]([CH2]CCC)([CH2]CCC)[c]1cc(C(=O)OCC)cs1.CCOC(=O)c1csc(-c2ccnc(OCCOCCN)c2)c1.CCOC(=O)c1csc(-c2ccnc(OCCOCCNC(=O)OC(C)(C)C)c2)c1. The zero-order valence-corrected chi connectivity index (χ0v) is 65.6. The number of alkyl carbamates (subject to hydrolysis) is 2. The topological polar surface area (TPSA) is 276 Å². The van der Waals surface area contributed by atoms with E-state index in [0.29, 0.717) is 128 Å². The van der Waals surface area contributed by atoms with Crippen LogP contribution < -0.4 is 33.5 Å². The van der Waals surface area contributed by atoms with Crippen molar-refractivity contribution in [3.05, 3.63) is 110 Å². The molecule has 4 N–H and O–H groups in total. The van der Waals surface area contributed by atoms with E-state index in [1.165, 1.54) is 74.5 Å². The molecule has 0 spiro atoms. The number of aromatic nitrogens is 3. The summed E-state index contributed by atoms with van der Waals surface area (Å²) in [5.41, 5.74) is 8.05. The molecule has 0 unspecified atom stereocenters. The van der Waals surface area contributed by atoms with Crippen molar-refractivity contribution in [1.29, 1.82) is 0 Å². The Bertz CT molecular complexity index is 3170. The molecule has 6 aromatic rings. The average molecular weight is 1580 g/mol. The molecular formula is C70H103BrN6O16S3Sn. The van der Waals surface area contributed by atoms with E-state index in [0.717, 1.165) is 30.9 Å². The van der Waals surface area contributed by atoms with Gasteiger partial charge in [-0.15, -0.1) is 22.7 Å². The van der Waals surface area contributed by atoms with Gasteiger partial charge in [-0.25, -0.2) is 34.1 Å². The van der Waals surface area contributed by atoms with E-state index in [1.54, 1.807) is 79.0 Å². The Kier molecular flexibility index (Phi) is 42.8. The number of nitrogens with zero attached hydrogens (tertiary/aromatic N) is 3. The molecule has 22 nitrogen and oxygen atoms in total. The average Bonchev–Trinajstić information content (AvgIpc) is 1.76. The van der Waals surface area contributed by atoms with Gasteiger partial charge in [-0.05, 0) is 96.8 Å². The van der Waals surface area contributed by atoms with Crippen LogP contribution in [0, 0.1) is 0 Å². The summed E-state index contributed by atoms with van der Waals surface area (Å²) in [7, 11) is 0. The molecule has 0 atom stereocenters. The fourth-order valence-corrected chi connectivity index (χ4v) is 30.7. The van der Waals surface area contributed by atoms with Crippen molar-refractivity contribution in [2.75, 3.05) is 98.9 Å². The molecule has 6 rings (SSSR count). The first-order valence-electron chi connectivity index (χ1n) is 33.1. The van der Waals surface area contributed by atoms with Crippen LogP contribution in [-0.2, 0) is 37.9 Å². The second-order valence-electron chi connectivity index (χ2n) is 23.5. The summed E-state index contributed by atoms with van der Waals surface area (Å²) in [5.74, 6) is 0.747. The third kappa shape index (κ3) is 36.6. The molecule has 0 aromatic carbocycles. The molecule has 0 aliphatic heterocycles. The van der Waals surface area contributed by atoms with E-state index in [9.17, 15) is 24.0 Å². The maximum absolute atomic E-state index is 12.0. The fraction of sp³-hybridized carbons (Fsp3) is 0.543. The van der Waals surface area contributed by atoms with Gasteiger partial charge in [0, 0.05) is 81.4 Å². The van der Waals surface area contributed by atoms with Gasteiger partial charge in [0.2, 0.25) is 17.6 Å². The van der Waals surface area contributed by atoms with Crippen LogP contribution in [-0.4, -0.2) is 174 Å². The summed E-state index contributed by atoms with van der Waals surface area (Å²) in [6, 6.07) is 16.8. The Balaban J connectivity index is 0.000000340. The molecule has 0 saturated heterocycles. The number of amides is 2. The monoisotopic (exact) mass is 1580 g/mol. The number of esters is 3. The maximum atomic E-state index is 12.0. The van der Waals surface area contributed by atoms with E-state index in [2.05, 4.69) is 68.4 Å². The Morgan fingerprint density at radius 3 is 1.23 bits per heavy atom. The zero-order valence-electron chi connectivity index (χ0n) is 58.7. The molecular weight excluding hydrogens is 1480 g/mol. The molecule has 2 amide bonds. The third-order valence-electron chi connectivity index (χ3n) is 13.1. The standard InChI is InChI=1S/C21H28N2O6S.C16H20N2O4S.C14H21BrN2O4.C7H7O2S.3C4H9.Sn/c1-5-27-19(24)16-12-17(30-14-16)15-6-7-22-18(13-15)28-11-10-26-9-8-23-20(25)29-21(2,3)4;1-2-21-16(19)13-9-14(23-11-13)12-3-5-18-15(10-12)22-8-7-20-6-4-17;1-14(2,3)21-13(18)17-6-7-19-8-9-20-12-10-11(15)4-5-16-12;1-2-9-7(8)6-3-4-10-5-6;3*1-3-4-2;/h6-7,12-14H,5,8-11H2,1-4H3,(H,23,25);3,5,9-11H,2,4,6-8,17H2,1H3;4-5,10H,6-9H2,1-3H3,(H,17,18);3,5H,2H2,1H3;3*1,3-4H2,2H3;. The van der Waals surface area contributed by atoms with Crippen molar-refractivity contribution in [3.8, 4) is 38.5 Å². The summed E-state index contributed by atoms with van der Waals surface area (Å²) in [6.07, 6.45) is 12.0. The molecule has 6 aromatic heterocycles. The van der Waals surface area contributed by atoms with Crippen LogP contribution in [0.15, 0.2) is 93.8 Å². The number of carbonyl (C=O) groups excluding carboxylic acids is 5. The van der Waals surface area contributed by atoms with Gasteiger partial charge in [-0.3, -0.25) is 0 Å². The number of ether oxygens (including phenoxy) is 11. The van der Waals surface area contributed by atoms with E-state index in [-0.39, 0.29) is 17.9 Å². The first-order chi connectivity index (χ1) is 46.5. The number of unbranched alkanes of at least 4 members (excludes halogenated alkanes) is 3. The van der Waals surface area contributed by atoms with Crippen LogP contribution >= 0.6 is 49.9 Å². The fourth-order valence-electron chi connectivity index (χ4n) is 8.68. The number of halogens is 1. The van der Waals surface area contributed by atoms with E-state index in [1.807, 2.05) is 80.8 Å². The summed E-state index contributed by atoms with van der Waals surface area (Å²) < 4.78 is 64.9. The quantitative estimate of drug-likeness (QED) is 0.0141. The van der Waals surface area contributed by atoms with Crippen LogP contribution in [0.3, 0.4) is 0 Å². The third-order valence-corrected chi connectivity index (χ3v) is 34.9. The first kappa shape index (κ1) is 85.2. The van der Waals surface area contributed by atoms with Crippen molar-refractivity contribution in [1.82, 2.24) is 25.6 Å². The summed E-state index contributed by atoms with van der Waals surface area (Å²) in [4.78, 5) is 72.7. The Morgan fingerprint density at radius 1 is 0.485 bits per heavy atom. The van der Waals surface area contributed by atoms with Crippen LogP contribution in [0.5, 0.6) is 17.6 Å². The molecule has 97 heavy (non-hydrogen) atoms. The Labute approximate surface area is 598 Å². The normalized spacial score (nSPS) is 11.1. The predicted octanol–water partition coefficient (Wildman–Crippen LogP) is 15.0. The van der Waals surface area contributed by atoms with Crippen molar-refractivity contribution in [2.45, 2.75) is 146 Å². The van der Waals surface area contributed by atoms with E-state index in [4.69, 9.17) is 57.8 Å². The first-order valence-corrected chi connectivity index (χ1v) is 44.0. The number of carbonyl (C=O) groups is 5. The molecule has 0 aliphatic rings. The summed E-state index contributed by atoms with van der Waals surface area (Å²) >= 11 is 5.76. The number of nitrogens with two attached hydrogens (primary N) is 1. The molecule has 0 fully saturated rings. The predicted molar refractivity (Wildman–Crippen MR) is 390 cm³/mol. The molecule has 538 valence electrons. The largest absolute Gasteiger partial charge is 0.475 e. The maximum Gasteiger partial charge on any atom is 0.407 e. The van der Waals surface area contributed by atoms with Crippen molar-refractivity contribution in [2.24, 2.45) is 5.73 Å². The molecule has 27 heteroatoms. The van der Waals surface area contributed by atoms with E-state index < -0.39 is 41.8 Å². The van der Waals surface area contributed by atoms with Crippen LogP contribution in [0.4, 0.5) is 9.59 Å². The Hall–Kier alpha value is -5.98. The number of hydrogen-bond donors (Lipinski definition) is 3. The van der Waals surface area contributed by atoms with Gasteiger partial charge in [0.25, 0.3) is 0 Å². The van der Waals surface area contributed by atoms with Gasteiger partial charge in [0.15, 0.2) is 0 Å². The zero-order chi connectivity index (χ0) is 71.3. The number of rotatable bonds is 38. The smallest absolute Gasteiger partial charge is 0.407 e. The molecule has 0 radical (unpaired) electrons. The molecule has 6 heterocycles. The minimum absolute atomic E-state index is 0.142. The number of pyridine rings is 3. The van der Waals surface area contributed by atoms with Gasteiger partial charge in [0.1, 0.15) is 31.0 Å². The van der Waals surface area contributed by atoms with Gasteiger partial charge < -0.3 is 63.7 Å². The van der Waals surface area contributed by atoms with Crippen molar-refractivity contribution < 1.29 is 76.1 Å². The number of hydrogen-bond acceptors (Lipinski definition) is 23. The number of nitrogens with one attached hydrogen (secondary N) is 2. The van der Waals surface area contributed by atoms with Gasteiger partial charge in [-0.1, -0.05) is 15.9 Å². The van der Waals surface area contributed by atoms with Crippen molar-refractivity contribution in [3.63, 3.8) is 0 Å². The van der Waals surface area contributed by atoms with Crippen molar-refractivity contribution >= 4 is 101 Å². The van der Waals surface area contributed by atoms with Crippen LogP contribution in [0.25, 0.3) is 20.9 Å². The van der Waals surface area contributed by atoms with Crippen LogP contribution in [0.1, 0.15) is 153 Å². The summed E-state index contributed by atoms with van der Waals surface area (Å²) in [5, 5.41) is 10.8. The van der Waals surface area contributed by atoms with Gasteiger partial charge in [-0.2, -0.15) is 0 Å². The van der Waals surface area contributed by atoms with E-state index >= 15 is 0 Å². The Morgan fingerprint density at radius 2 is 0.856 bits per heavy atom. The van der Waals surface area contributed by atoms with Gasteiger partial charge in [0.05, 0.1) is 64.0 Å². The molecule has 0 bridgehead atoms. The van der Waals surface area contributed by atoms with Gasteiger partial charge >= 0.3 is 175 Å². The number of thiophene rings is 3. The molecule has 0 aliphatic carbocycles. The molecule has 0 saturated carbocycles.